The number of nitrogens with zero attached hydrogens (tertiary/aromatic N) is 4. The lowest BCUT2D eigenvalue weighted by atomic mass is 10.1. The van der Waals surface area contributed by atoms with Crippen molar-refractivity contribution in [3.63, 3.8) is 0 Å². The molecule has 114 valence electrons. The Morgan fingerprint density at radius 2 is 2.14 bits per heavy atom. The SMILES string of the molecule is Cc1cccc(N)c1-c1nnnn1CCCOCC(C)C. The van der Waals surface area contributed by atoms with Gasteiger partial charge in [-0.3, -0.25) is 0 Å². The maximum absolute atomic E-state index is 6.06. The van der Waals surface area contributed by atoms with Gasteiger partial charge in [0.05, 0.1) is 0 Å². The molecule has 0 saturated carbocycles. The molecule has 0 aliphatic rings. The molecule has 0 fully saturated rings. The van der Waals surface area contributed by atoms with E-state index in [1.807, 2.05) is 25.1 Å². The maximum atomic E-state index is 6.06. The summed E-state index contributed by atoms with van der Waals surface area (Å²) >= 11 is 0. The number of ether oxygens (including phenoxy) is 1. The van der Waals surface area contributed by atoms with Gasteiger partial charge in [-0.25, -0.2) is 4.68 Å². The molecular formula is C15H23N5O. The Bertz CT molecular complexity index is 559. The van der Waals surface area contributed by atoms with Gasteiger partial charge in [-0.1, -0.05) is 26.0 Å². The second-order valence-electron chi connectivity index (χ2n) is 5.59. The van der Waals surface area contributed by atoms with Gasteiger partial charge < -0.3 is 10.5 Å². The van der Waals surface area contributed by atoms with Crippen LogP contribution in [-0.4, -0.2) is 33.4 Å². The molecule has 0 unspecified atom stereocenters. The Labute approximate surface area is 125 Å². The number of benzene rings is 1. The summed E-state index contributed by atoms with van der Waals surface area (Å²) < 4.78 is 7.37. The van der Waals surface area contributed by atoms with E-state index in [1.54, 1.807) is 4.68 Å². The standard InChI is InChI=1S/C15H23N5O/c1-11(2)10-21-9-5-8-20-15(17-18-19-20)14-12(3)6-4-7-13(14)16/h4,6-7,11H,5,8-10,16H2,1-3H3. The molecule has 1 heterocycles. The zero-order valence-electron chi connectivity index (χ0n) is 12.9. The van der Waals surface area contributed by atoms with Crippen LogP contribution in [0.3, 0.4) is 0 Å². The molecule has 0 amide bonds. The Kier molecular flexibility index (Phi) is 5.27. The summed E-state index contributed by atoms with van der Waals surface area (Å²) in [7, 11) is 0. The number of hydrogen-bond donors (Lipinski definition) is 1. The van der Waals surface area contributed by atoms with Crippen molar-refractivity contribution in [3.05, 3.63) is 23.8 Å². The summed E-state index contributed by atoms with van der Waals surface area (Å²) in [6, 6.07) is 5.81. The summed E-state index contributed by atoms with van der Waals surface area (Å²) in [6.45, 7) is 8.50. The quantitative estimate of drug-likeness (QED) is 0.625. The summed E-state index contributed by atoms with van der Waals surface area (Å²) in [5.41, 5.74) is 8.73. The van der Waals surface area contributed by atoms with Crippen molar-refractivity contribution in [2.24, 2.45) is 5.92 Å². The van der Waals surface area contributed by atoms with Gasteiger partial charge in [-0.05, 0) is 41.3 Å². The first-order valence-corrected chi connectivity index (χ1v) is 7.29. The second kappa shape index (κ2) is 7.17. The highest BCUT2D eigenvalue weighted by Gasteiger charge is 2.14. The first-order chi connectivity index (χ1) is 10.1. The number of aryl methyl sites for hydroxylation is 2. The molecule has 1 aromatic carbocycles. The van der Waals surface area contributed by atoms with Crippen LogP contribution in [-0.2, 0) is 11.3 Å². The van der Waals surface area contributed by atoms with Crippen LogP contribution in [0.25, 0.3) is 11.4 Å². The number of nitrogens with two attached hydrogens (primary N) is 1. The van der Waals surface area contributed by atoms with Gasteiger partial charge in [-0.15, -0.1) is 5.10 Å². The van der Waals surface area contributed by atoms with Gasteiger partial charge in [0, 0.05) is 31.0 Å². The molecule has 2 aromatic rings. The fraction of sp³-hybridized carbons (Fsp3) is 0.533. The largest absolute Gasteiger partial charge is 0.398 e. The van der Waals surface area contributed by atoms with Gasteiger partial charge in [0.1, 0.15) is 0 Å². The molecule has 21 heavy (non-hydrogen) atoms. The summed E-state index contributed by atoms with van der Waals surface area (Å²) in [5, 5.41) is 11.9. The third-order valence-corrected chi connectivity index (χ3v) is 3.17. The average molecular weight is 289 g/mol. The normalized spacial score (nSPS) is 11.2. The molecule has 0 aliphatic heterocycles. The predicted molar refractivity (Wildman–Crippen MR) is 82.7 cm³/mol. The number of tetrazole rings is 1. The van der Waals surface area contributed by atoms with Crippen LogP contribution < -0.4 is 5.73 Å². The maximum Gasteiger partial charge on any atom is 0.184 e. The highest BCUT2D eigenvalue weighted by atomic mass is 16.5. The Balaban J connectivity index is 2.02. The lowest BCUT2D eigenvalue weighted by Gasteiger charge is -2.10. The van der Waals surface area contributed by atoms with E-state index in [0.717, 1.165) is 30.0 Å². The molecule has 0 aliphatic carbocycles. The summed E-state index contributed by atoms with van der Waals surface area (Å²) in [5.74, 6) is 1.27. The zero-order chi connectivity index (χ0) is 15.2. The molecule has 0 bridgehead atoms. The summed E-state index contributed by atoms with van der Waals surface area (Å²) in [4.78, 5) is 0. The minimum absolute atomic E-state index is 0.556. The molecule has 0 radical (unpaired) electrons. The second-order valence-corrected chi connectivity index (χ2v) is 5.59. The van der Waals surface area contributed by atoms with E-state index in [2.05, 4.69) is 29.4 Å². The Morgan fingerprint density at radius 3 is 2.86 bits per heavy atom. The van der Waals surface area contributed by atoms with E-state index in [4.69, 9.17) is 10.5 Å². The first-order valence-electron chi connectivity index (χ1n) is 7.29. The zero-order valence-corrected chi connectivity index (χ0v) is 12.9. The molecule has 6 heteroatoms. The van der Waals surface area contributed by atoms with Gasteiger partial charge >= 0.3 is 0 Å². The highest BCUT2D eigenvalue weighted by Crippen LogP contribution is 2.27. The van der Waals surface area contributed by atoms with Crippen LogP contribution in [0.4, 0.5) is 5.69 Å². The monoisotopic (exact) mass is 289 g/mol. The van der Waals surface area contributed by atoms with Gasteiger partial charge in [0.25, 0.3) is 0 Å². The number of nitrogen functional groups attached to an aromatic ring is 1. The first kappa shape index (κ1) is 15.4. The molecule has 0 spiro atoms. The van der Waals surface area contributed by atoms with Crippen molar-refractivity contribution in [2.75, 3.05) is 18.9 Å². The van der Waals surface area contributed by atoms with Crippen molar-refractivity contribution < 1.29 is 4.74 Å². The van der Waals surface area contributed by atoms with E-state index >= 15 is 0 Å². The van der Waals surface area contributed by atoms with E-state index in [0.29, 0.717) is 24.8 Å². The third-order valence-electron chi connectivity index (χ3n) is 3.17. The van der Waals surface area contributed by atoms with Crippen molar-refractivity contribution in [2.45, 2.75) is 33.7 Å². The van der Waals surface area contributed by atoms with Crippen molar-refractivity contribution in [1.82, 2.24) is 20.2 Å². The molecular weight excluding hydrogens is 266 g/mol. The Morgan fingerprint density at radius 1 is 1.33 bits per heavy atom. The van der Waals surface area contributed by atoms with Gasteiger partial charge in [-0.2, -0.15) is 0 Å². The van der Waals surface area contributed by atoms with Crippen LogP contribution in [0.5, 0.6) is 0 Å². The highest BCUT2D eigenvalue weighted by molar-refractivity contribution is 5.74. The molecule has 0 saturated heterocycles. The molecule has 2 N–H and O–H groups in total. The van der Waals surface area contributed by atoms with E-state index < -0.39 is 0 Å². The van der Waals surface area contributed by atoms with Crippen LogP contribution >= 0.6 is 0 Å². The van der Waals surface area contributed by atoms with E-state index in [9.17, 15) is 0 Å². The lowest BCUT2D eigenvalue weighted by molar-refractivity contribution is 0.105. The van der Waals surface area contributed by atoms with Crippen molar-refractivity contribution in [3.8, 4) is 11.4 Å². The topological polar surface area (TPSA) is 78.9 Å². The predicted octanol–water partition coefficient (Wildman–Crippen LogP) is 2.29. The van der Waals surface area contributed by atoms with Gasteiger partial charge in [0.15, 0.2) is 5.82 Å². The smallest absolute Gasteiger partial charge is 0.184 e. The van der Waals surface area contributed by atoms with Crippen LogP contribution in [0.15, 0.2) is 18.2 Å². The van der Waals surface area contributed by atoms with Crippen molar-refractivity contribution in [1.29, 1.82) is 0 Å². The molecule has 2 rings (SSSR count). The molecule has 6 nitrogen and oxygen atoms in total. The number of rotatable bonds is 7. The van der Waals surface area contributed by atoms with Gasteiger partial charge in [0.2, 0.25) is 0 Å². The van der Waals surface area contributed by atoms with Crippen LogP contribution in [0, 0.1) is 12.8 Å². The van der Waals surface area contributed by atoms with E-state index in [-0.39, 0.29) is 0 Å². The van der Waals surface area contributed by atoms with Crippen LogP contribution in [0.1, 0.15) is 25.8 Å². The van der Waals surface area contributed by atoms with Crippen LogP contribution in [0.2, 0.25) is 0 Å². The third kappa shape index (κ3) is 4.01. The van der Waals surface area contributed by atoms with Crippen molar-refractivity contribution >= 4 is 5.69 Å². The van der Waals surface area contributed by atoms with E-state index in [1.165, 1.54) is 0 Å². The summed E-state index contributed by atoms with van der Waals surface area (Å²) in [6.07, 6.45) is 0.872. The fourth-order valence-corrected chi connectivity index (χ4v) is 2.17. The Hall–Kier alpha value is -1.95. The number of aromatic nitrogens is 4. The molecule has 1 aromatic heterocycles. The number of anilines is 1. The lowest BCUT2D eigenvalue weighted by Crippen LogP contribution is -2.09. The average Bonchev–Trinajstić information content (AvgIpc) is 2.86. The minimum Gasteiger partial charge on any atom is -0.398 e. The molecule has 0 atom stereocenters. The fourth-order valence-electron chi connectivity index (χ4n) is 2.17. The number of hydrogen-bond acceptors (Lipinski definition) is 5. The minimum atomic E-state index is 0.556.